The smallest absolute Gasteiger partial charge is 0.322 e. The SMILES string of the molecule is CCCN(CC(=O)N1CCn2cccc2[C@@H]1c1ccc(C)cc1)C(=O)Nc1c(C(C)C)cccc1C(C)C. The Morgan fingerprint density at radius 1 is 0.947 bits per heavy atom. The van der Waals surface area contributed by atoms with Gasteiger partial charge in [-0.3, -0.25) is 4.79 Å². The van der Waals surface area contributed by atoms with E-state index < -0.39 is 0 Å². The van der Waals surface area contributed by atoms with Crippen LogP contribution in [0.5, 0.6) is 0 Å². The van der Waals surface area contributed by atoms with Crippen molar-refractivity contribution in [1.29, 1.82) is 0 Å². The van der Waals surface area contributed by atoms with Crippen LogP contribution in [0.25, 0.3) is 0 Å². The summed E-state index contributed by atoms with van der Waals surface area (Å²) >= 11 is 0. The number of rotatable bonds is 8. The van der Waals surface area contributed by atoms with Gasteiger partial charge in [-0.25, -0.2) is 4.79 Å². The lowest BCUT2D eigenvalue weighted by Gasteiger charge is -2.38. The second-order valence-corrected chi connectivity index (χ2v) is 11.0. The molecule has 4 rings (SSSR count). The molecular weight excluding hydrogens is 472 g/mol. The summed E-state index contributed by atoms with van der Waals surface area (Å²) in [5.41, 5.74) is 6.48. The third-order valence-corrected chi connectivity index (χ3v) is 7.46. The maximum atomic E-state index is 13.9. The Kier molecular flexibility index (Phi) is 8.60. The Bertz CT molecular complexity index is 1230. The van der Waals surface area contributed by atoms with Gasteiger partial charge in [0.2, 0.25) is 5.91 Å². The fourth-order valence-corrected chi connectivity index (χ4v) is 5.41. The van der Waals surface area contributed by atoms with Gasteiger partial charge in [-0.1, -0.05) is 82.6 Å². The summed E-state index contributed by atoms with van der Waals surface area (Å²) < 4.78 is 2.22. The van der Waals surface area contributed by atoms with Crippen LogP contribution in [0, 0.1) is 6.92 Å². The highest BCUT2D eigenvalue weighted by Gasteiger charge is 2.33. The van der Waals surface area contributed by atoms with Gasteiger partial charge in [-0.15, -0.1) is 0 Å². The summed E-state index contributed by atoms with van der Waals surface area (Å²) in [4.78, 5) is 31.1. The number of carbonyl (C=O) groups is 2. The summed E-state index contributed by atoms with van der Waals surface area (Å²) in [7, 11) is 0. The lowest BCUT2D eigenvalue weighted by atomic mass is 9.93. The zero-order chi connectivity index (χ0) is 27.4. The van der Waals surface area contributed by atoms with Gasteiger partial charge in [0.25, 0.3) is 0 Å². The number of benzene rings is 2. The van der Waals surface area contributed by atoms with E-state index in [1.807, 2.05) is 17.9 Å². The zero-order valence-electron chi connectivity index (χ0n) is 23.7. The van der Waals surface area contributed by atoms with Gasteiger partial charge < -0.3 is 19.7 Å². The molecule has 2 heterocycles. The van der Waals surface area contributed by atoms with Crippen molar-refractivity contribution in [2.45, 2.75) is 72.4 Å². The van der Waals surface area contributed by atoms with E-state index in [0.29, 0.717) is 13.1 Å². The van der Waals surface area contributed by atoms with E-state index in [1.165, 1.54) is 5.56 Å². The predicted molar refractivity (Wildman–Crippen MR) is 155 cm³/mol. The fourth-order valence-electron chi connectivity index (χ4n) is 5.41. The van der Waals surface area contributed by atoms with Crippen LogP contribution in [-0.4, -0.2) is 45.9 Å². The molecule has 3 aromatic rings. The molecule has 0 saturated carbocycles. The van der Waals surface area contributed by atoms with Gasteiger partial charge in [0.1, 0.15) is 6.54 Å². The van der Waals surface area contributed by atoms with Gasteiger partial charge in [-0.2, -0.15) is 0 Å². The number of amides is 3. The Morgan fingerprint density at radius 3 is 2.21 bits per heavy atom. The molecule has 202 valence electrons. The van der Waals surface area contributed by atoms with Crippen LogP contribution in [0.3, 0.4) is 0 Å². The number of para-hydroxylation sites is 1. The largest absolute Gasteiger partial charge is 0.348 e. The lowest BCUT2D eigenvalue weighted by Crippen LogP contribution is -2.49. The number of hydrogen-bond donors (Lipinski definition) is 1. The van der Waals surface area contributed by atoms with Crippen LogP contribution in [-0.2, 0) is 11.3 Å². The average molecular weight is 515 g/mol. The minimum absolute atomic E-state index is 0.0344. The van der Waals surface area contributed by atoms with E-state index in [-0.39, 0.29) is 36.4 Å². The van der Waals surface area contributed by atoms with Gasteiger partial charge in [-0.05, 0) is 54.0 Å². The minimum Gasteiger partial charge on any atom is -0.348 e. The summed E-state index contributed by atoms with van der Waals surface area (Å²) in [6.45, 7) is 14.6. The number of aryl methyl sites for hydroxylation is 1. The van der Waals surface area contributed by atoms with E-state index in [2.05, 4.69) is 99.2 Å². The van der Waals surface area contributed by atoms with Crippen LogP contribution in [0.1, 0.15) is 86.9 Å². The number of hydrogen-bond acceptors (Lipinski definition) is 2. The summed E-state index contributed by atoms with van der Waals surface area (Å²) in [6.07, 6.45) is 2.85. The van der Waals surface area contributed by atoms with Crippen molar-refractivity contribution in [1.82, 2.24) is 14.4 Å². The molecule has 0 radical (unpaired) electrons. The van der Waals surface area contributed by atoms with Crippen LogP contribution in [0.2, 0.25) is 0 Å². The average Bonchev–Trinajstić information content (AvgIpc) is 3.37. The van der Waals surface area contributed by atoms with Crippen LogP contribution in [0.15, 0.2) is 60.8 Å². The predicted octanol–water partition coefficient (Wildman–Crippen LogP) is 6.92. The topological polar surface area (TPSA) is 57.6 Å². The van der Waals surface area contributed by atoms with Crippen molar-refractivity contribution in [2.75, 3.05) is 25.0 Å². The number of urea groups is 1. The minimum atomic E-state index is -0.220. The molecule has 0 bridgehead atoms. The van der Waals surface area contributed by atoms with E-state index >= 15 is 0 Å². The highest BCUT2D eigenvalue weighted by Crippen LogP contribution is 2.34. The summed E-state index contributed by atoms with van der Waals surface area (Å²) in [5.74, 6) is 0.503. The van der Waals surface area contributed by atoms with Crippen molar-refractivity contribution in [2.24, 2.45) is 0 Å². The van der Waals surface area contributed by atoms with E-state index in [0.717, 1.165) is 41.0 Å². The van der Waals surface area contributed by atoms with Gasteiger partial charge in [0, 0.05) is 37.2 Å². The van der Waals surface area contributed by atoms with E-state index in [1.54, 1.807) is 4.90 Å². The van der Waals surface area contributed by atoms with Crippen molar-refractivity contribution >= 4 is 17.6 Å². The highest BCUT2D eigenvalue weighted by atomic mass is 16.2. The van der Waals surface area contributed by atoms with Crippen LogP contribution >= 0.6 is 0 Å². The molecule has 0 unspecified atom stereocenters. The number of carbonyl (C=O) groups excluding carboxylic acids is 2. The molecule has 6 nitrogen and oxygen atoms in total. The van der Waals surface area contributed by atoms with Crippen LogP contribution < -0.4 is 5.32 Å². The molecule has 1 aliphatic heterocycles. The van der Waals surface area contributed by atoms with Crippen molar-refractivity contribution in [3.63, 3.8) is 0 Å². The molecule has 0 fully saturated rings. The zero-order valence-corrected chi connectivity index (χ0v) is 23.7. The Labute approximate surface area is 227 Å². The van der Waals surface area contributed by atoms with Gasteiger partial charge >= 0.3 is 6.03 Å². The summed E-state index contributed by atoms with van der Waals surface area (Å²) in [6, 6.07) is 18.4. The van der Waals surface area contributed by atoms with Crippen molar-refractivity contribution < 1.29 is 9.59 Å². The number of nitrogens with one attached hydrogen (secondary N) is 1. The molecule has 38 heavy (non-hydrogen) atoms. The molecule has 2 aromatic carbocycles. The second-order valence-electron chi connectivity index (χ2n) is 11.0. The monoisotopic (exact) mass is 514 g/mol. The molecule has 3 amide bonds. The normalized spacial score (nSPS) is 15.1. The molecule has 0 saturated heterocycles. The fraction of sp³-hybridized carbons (Fsp3) is 0.438. The first kappa shape index (κ1) is 27.5. The number of fused-ring (bicyclic) bond motifs is 1. The molecule has 6 heteroatoms. The first-order chi connectivity index (χ1) is 18.2. The highest BCUT2D eigenvalue weighted by molar-refractivity contribution is 5.94. The molecule has 0 spiro atoms. The molecule has 1 aromatic heterocycles. The standard InChI is InChI=1S/C32H42N4O2/c1-7-17-35(32(38)33-30-26(22(2)3)10-8-11-27(30)23(4)5)21-29(37)36-20-19-34-18-9-12-28(34)31(36)25-15-13-24(6)14-16-25/h8-16,18,22-23,31H,7,17,19-21H2,1-6H3,(H,33,38)/t31-/m0/s1. The number of aromatic nitrogens is 1. The second kappa shape index (κ2) is 11.9. The third kappa shape index (κ3) is 5.79. The van der Waals surface area contributed by atoms with Crippen LogP contribution in [0.4, 0.5) is 10.5 Å². The maximum absolute atomic E-state index is 13.9. The Morgan fingerprint density at radius 2 is 1.61 bits per heavy atom. The molecule has 1 N–H and O–H groups in total. The lowest BCUT2D eigenvalue weighted by molar-refractivity contribution is -0.134. The van der Waals surface area contributed by atoms with Crippen molar-refractivity contribution in [3.8, 4) is 0 Å². The Hall–Kier alpha value is -3.54. The quantitative estimate of drug-likeness (QED) is 0.355. The third-order valence-electron chi connectivity index (χ3n) is 7.46. The first-order valence-corrected chi connectivity index (χ1v) is 13.9. The Balaban J connectivity index is 1.59. The first-order valence-electron chi connectivity index (χ1n) is 13.9. The molecule has 0 aliphatic carbocycles. The number of anilines is 1. The van der Waals surface area contributed by atoms with Crippen molar-refractivity contribution in [3.05, 3.63) is 88.7 Å². The number of nitrogens with zero attached hydrogens (tertiary/aromatic N) is 3. The van der Waals surface area contributed by atoms with E-state index in [9.17, 15) is 9.59 Å². The van der Waals surface area contributed by atoms with Gasteiger partial charge in [0.05, 0.1) is 6.04 Å². The molecular formula is C32H42N4O2. The maximum Gasteiger partial charge on any atom is 0.322 e. The van der Waals surface area contributed by atoms with E-state index in [4.69, 9.17) is 0 Å². The molecule has 1 atom stereocenters. The summed E-state index contributed by atoms with van der Waals surface area (Å²) in [5, 5.41) is 3.21. The molecule has 1 aliphatic rings. The van der Waals surface area contributed by atoms with Gasteiger partial charge in [0.15, 0.2) is 0 Å².